The second kappa shape index (κ2) is 9.19. The van der Waals surface area contributed by atoms with Gasteiger partial charge in [0.2, 0.25) is 0 Å². The van der Waals surface area contributed by atoms with Gasteiger partial charge in [-0.25, -0.2) is 17.6 Å². The van der Waals surface area contributed by atoms with Crippen LogP contribution in [0.2, 0.25) is 0 Å². The maximum Gasteiger partial charge on any atom is 0.194 e. The predicted octanol–water partition coefficient (Wildman–Crippen LogP) is 7.31. The Kier molecular flexibility index (Phi) is 6.86. The monoisotopic (exact) mass is 408 g/mol. The van der Waals surface area contributed by atoms with Crippen LogP contribution in [0.15, 0.2) is 24.3 Å². The highest BCUT2D eigenvalue weighted by atomic mass is 19.2. The topological polar surface area (TPSA) is 9.23 Å². The summed E-state index contributed by atoms with van der Waals surface area (Å²) in [6, 6.07) is 4.47. The molecule has 0 N–H and O–H groups in total. The highest BCUT2D eigenvalue weighted by molar-refractivity contribution is 5.67. The van der Waals surface area contributed by atoms with Crippen LogP contribution in [0.3, 0.4) is 0 Å². The zero-order chi connectivity index (χ0) is 21.1. The predicted molar refractivity (Wildman–Crippen MR) is 107 cm³/mol. The minimum atomic E-state index is -1.56. The van der Waals surface area contributed by atoms with Crippen LogP contribution >= 0.6 is 0 Å². The van der Waals surface area contributed by atoms with Crippen LogP contribution in [-0.2, 0) is 6.42 Å². The van der Waals surface area contributed by atoms with Crippen molar-refractivity contribution in [2.24, 2.45) is 17.8 Å². The van der Waals surface area contributed by atoms with Gasteiger partial charge in [0.05, 0.1) is 6.61 Å². The van der Waals surface area contributed by atoms with Crippen molar-refractivity contribution in [3.8, 4) is 16.9 Å². The lowest BCUT2D eigenvalue weighted by Gasteiger charge is -2.35. The van der Waals surface area contributed by atoms with Crippen molar-refractivity contribution in [2.75, 3.05) is 6.61 Å². The Morgan fingerprint density at radius 2 is 1.41 bits per heavy atom. The Labute approximate surface area is 170 Å². The van der Waals surface area contributed by atoms with Gasteiger partial charge in [-0.2, -0.15) is 0 Å². The third-order valence-corrected chi connectivity index (χ3v) is 6.11. The number of benzene rings is 2. The van der Waals surface area contributed by atoms with Gasteiger partial charge in [0.1, 0.15) is 11.6 Å². The molecule has 1 atom stereocenters. The highest BCUT2D eigenvalue weighted by Gasteiger charge is 2.31. The molecule has 1 unspecified atom stereocenters. The Bertz CT molecular complexity index is 833. The molecule has 0 bridgehead atoms. The van der Waals surface area contributed by atoms with Crippen LogP contribution in [0.1, 0.15) is 52.0 Å². The first kappa shape index (κ1) is 21.7. The van der Waals surface area contributed by atoms with Gasteiger partial charge < -0.3 is 4.74 Å². The summed E-state index contributed by atoms with van der Waals surface area (Å²) < 4.78 is 60.7. The van der Waals surface area contributed by atoms with Crippen molar-refractivity contribution < 1.29 is 22.3 Å². The summed E-state index contributed by atoms with van der Waals surface area (Å²) >= 11 is 0. The first-order valence-corrected chi connectivity index (χ1v) is 10.5. The fraction of sp³-hybridized carbons (Fsp3) is 0.500. The van der Waals surface area contributed by atoms with Crippen molar-refractivity contribution in [2.45, 2.75) is 52.9 Å². The Morgan fingerprint density at radius 3 is 2.03 bits per heavy atom. The fourth-order valence-electron chi connectivity index (χ4n) is 4.42. The fourth-order valence-corrected chi connectivity index (χ4v) is 4.42. The Hall–Kier alpha value is -2.04. The van der Waals surface area contributed by atoms with Crippen LogP contribution in [-0.4, -0.2) is 6.61 Å². The summed E-state index contributed by atoms with van der Waals surface area (Å²) in [5.74, 6) is -2.54. The number of rotatable bonds is 2. The average Bonchev–Trinajstić information content (AvgIpc) is 2.73. The van der Waals surface area contributed by atoms with E-state index in [-0.39, 0.29) is 11.1 Å². The number of fused-ring (bicyclic) bond motifs is 1. The molecule has 0 radical (unpaired) electrons. The quantitative estimate of drug-likeness (QED) is 0.374. The van der Waals surface area contributed by atoms with Crippen molar-refractivity contribution in [1.29, 1.82) is 0 Å². The first-order valence-electron chi connectivity index (χ1n) is 10.5. The van der Waals surface area contributed by atoms with Gasteiger partial charge in [-0.3, -0.25) is 0 Å². The second-order valence-electron chi connectivity index (χ2n) is 7.99. The molecule has 1 nitrogen and oxygen atoms in total. The average molecular weight is 408 g/mol. The molecule has 5 heteroatoms. The molecule has 1 aliphatic carbocycles. The molecule has 2 aliphatic rings. The lowest BCUT2D eigenvalue weighted by atomic mass is 9.74. The van der Waals surface area contributed by atoms with E-state index in [9.17, 15) is 17.6 Å². The van der Waals surface area contributed by atoms with E-state index in [1.165, 1.54) is 37.8 Å². The lowest BCUT2D eigenvalue weighted by molar-refractivity contribution is 0.131. The standard InChI is InChI=1S/C22H22F4O.C2H6/c1-12-2-4-13(5-3-12)16-6-15-9-18(23)17(10-21(15)27-11-16)14-7-19(24)22(26)20(25)8-14;1-2/h7-10,12-13,16H,2-6,11H2,1H3;1-2H3. The van der Waals surface area contributed by atoms with Crippen molar-refractivity contribution in [3.05, 3.63) is 53.1 Å². The maximum atomic E-state index is 14.7. The summed E-state index contributed by atoms with van der Waals surface area (Å²) in [6.45, 7) is 6.85. The van der Waals surface area contributed by atoms with Crippen molar-refractivity contribution in [3.63, 3.8) is 0 Å². The maximum absolute atomic E-state index is 14.7. The lowest BCUT2D eigenvalue weighted by Crippen LogP contribution is -2.30. The Balaban J connectivity index is 0.00000117. The summed E-state index contributed by atoms with van der Waals surface area (Å²) in [5.41, 5.74) is 0.754. The molecule has 0 amide bonds. The smallest absolute Gasteiger partial charge is 0.194 e. The normalized spacial score (nSPS) is 23.5. The van der Waals surface area contributed by atoms with Gasteiger partial charge in [-0.15, -0.1) is 0 Å². The van der Waals surface area contributed by atoms with Crippen LogP contribution in [0.4, 0.5) is 17.6 Å². The van der Waals surface area contributed by atoms with Crippen molar-refractivity contribution in [1.82, 2.24) is 0 Å². The highest BCUT2D eigenvalue weighted by Crippen LogP contribution is 2.40. The summed E-state index contributed by atoms with van der Waals surface area (Å²) in [5, 5.41) is 0. The van der Waals surface area contributed by atoms with Crippen molar-refractivity contribution >= 4 is 0 Å². The number of halogens is 4. The molecular formula is C24H28F4O. The molecule has 158 valence electrons. The minimum Gasteiger partial charge on any atom is -0.493 e. The molecule has 1 fully saturated rings. The SMILES string of the molecule is CC.CC1CCC(C2COc3cc(-c4cc(F)c(F)c(F)c4)c(F)cc3C2)CC1. The van der Waals surface area contributed by atoms with Crippen LogP contribution in [0.25, 0.3) is 11.1 Å². The molecule has 0 spiro atoms. The molecule has 1 aliphatic heterocycles. The molecule has 2 aromatic carbocycles. The molecular weight excluding hydrogens is 380 g/mol. The van der Waals surface area contributed by atoms with Crippen LogP contribution in [0.5, 0.6) is 5.75 Å². The zero-order valence-corrected chi connectivity index (χ0v) is 17.2. The van der Waals surface area contributed by atoms with Gasteiger partial charge in [-0.05, 0) is 72.4 Å². The second-order valence-corrected chi connectivity index (χ2v) is 7.99. The van der Waals surface area contributed by atoms with E-state index in [1.807, 2.05) is 13.8 Å². The molecule has 4 rings (SSSR count). The van der Waals surface area contributed by atoms with E-state index >= 15 is 0 Å². The minimum absolute atomic E-state index is 0.0106. The van der Waals surface area contributed by atoms with E-state index < -0.39 is 23.3 Å². The largest absolute Gasteiger partial charge is 0.493 e. The molecule has 1 saturated carbocycles. The number of ether oxygens (including phenoxy) is 1. The van der Waals surface area contributed by atoms with Gasteiger partial charge in [0.25, 0.3) is 0 Å². The van der Waals surface area contributed by atoms with Gasteiger partial charge in [0.15, 0.2) is 17.5 Å². The van der Waals surface area contributed by atoms with Gasteiger partial charge in [-0.1, -0.05) is 33.6 Å². The van der Waals surface area contributed by atoms with Gasteiger partial charge in [0, 0.05) is 5.56 Å². The molecule has 0 saturated heterocycles. The zero-order valence-electron chi connectivity index (χ0n) is 17.2. The number of hydrogen-bond acceptors (Lipinski definition) is 1. The molecule has 0 aromatic heterocycles. The molecule has 1 heterocycles. The van der Waals surface area contributed by atoms with Crippen LogP contribution < -0.4 is 4.74 Å². The summed E-state index contributed by atoms with van der Waals surface area (Å²) in [4.78, 5) is 0. The summed E-state index contributed by atoms with van der Waals surface area (Å²) in [6.07, 6.45) is 5.56. The van der Waals surface area contributed by atoms with E-state index in [4.69, 9.17) is 4.74 Å². The third kappa shape index (κ3) is 4.59. The van der Waals surface area contributed by atoms with Gasteiger partial charge >= 0.3 is 0 Å². The summed E-state index contributed by atoms with van der Waals surface area (Å²) in [7, 11) is 0. The first-order chi connectivity index (χ1) is 13.9. The number of hydrogen-bond donors (Lipinski definition) is 0. The molecule has 29 heavy (non-hydrogen) atoms. The van der Waals surface area contributed by atoms with Crippen LogP contribution in [0, 0.1) is 41.0 Å². The van der Waals surface area contributed by atoms with E-state index in [0.29, 0.717) is 24.2 Å². The van der Waals surface area contributed by atoms with E-state index in [1.54, 1.807) is 0 Å². The van der Waals surface area contributed by atoms with E-state index in [0.717, 1.165) is 30.0 Å². The third-order valence-electron chi connectivity index (χ3n) is 6.11. The Morgan fingerprint density at radius 1 is 0.793 bits per heavy atom. The molecule has 2 aromatic rings. The van der Waals surface area contributed by atoms with E-state index in [2.05, 4.69) is 6.92 Å².